The van der Waals surface area contributed by atoms with Crippen LogP contribution in [0.5, 0.6) is 0 Å². The molecule has 0 aromatic carbocycles. The Morgan fingerprint density at radius 1 is 0.842 bits per heavy atom. The van der Waals surface area contributed by atoms with Crippen LogP contribution in [0.4, 0.5) is 0 Å². The Balaban J connectivity index is 0.000000324. The van der Waals surface area contributed by atoms with Crippen LogP contribution in [-0.2, 0) is 0 Å². The molecule has 2 rings (SSSR count). The van der Waals surface area contributed by atoms with Crippen molar-refractivity contribution < 1.29 is 0 Å². The molecule has 0 aromatic heterocycles. The standard InChI is InChI=1S/2C7H12N2.ClH/c2*1-3-4-9-6-5-8(2)7-9;/h2*3,5-6H,1,4,7H2,2H3;1H. The van der Waals surface area contributed by atoms with E-state index in [2.05, 4.69) is 71.7 Å². The Hall–Kier alpha value is -1.55. The van der Waals surface area contributed by atoms with Crippen LogP contribution in [0, 0.1) is 0 Å². The van der Waals surface area contributed by atoms with Gasteiger partial charge in [0.25, 0.3) is 0 Å². The summed E-state index contributed by atoms with van der Waals surface area (Å²) in [6.07, 6.45) is 12.1. The molecule has 0 atom stereocenters. The monoisotopic (exact) mass is 284 g/mol. The van der Waals surface area contributed by atoms with Crippen molar-refractivity contribution in [2.75, 3.05) is 40.5 Å². The van der Waals surface area contributed by atoms with E-state index in [1.54, 1.807) is 0 Å². The summed E-state index contributed by atoms with van der Waals surface area (Å²) in [5.74, 6) is 0. The third-order valence-electron chi connectivity index (χ3n) is 2.60. The first kappa shape index (κ1) is 17.4. The van der Waals surface area contributed by atoms with Crippen LogP contribution in [0.15, 0.2) is 50.1 Å². The summed E-state index contributed by atoms with van der Waals surface area (Å²) in [5.41, 5.74) is 0. The average molecular weight is 285 g/mol. The fraction of sp³-hybridized carbons (Fsp3) is 0.429. The molecule has 0 amide bonds. The van der Waals surface area contributed by atoms with Crippen LogP contribution in [0.25, 0.3) is 0 Å². The van der Waals surface area contributed by atoms with Crippen molar-refractivity contribution in [3.8, 4) is 0 Å². The number of hydrogen-bond acceptors (Lipinski definition) is 4. The highest BCUT2D eigenvalue weighted by Crippen LogP contribution is 2.02. The Bertz CT molecular complexity index is 295. The molecule has 0 saturated carbocycles. The average Bonchev–Trinajstić information content (AvgIpc) is 2.90. The molecule has 2 aliphatic heterocycles. The molecular weight excluding hydrogens is 260 g/mol. The van der Waals surface area contributed by atoms with Gasteiger partial charge in [-0.1, -0.05) is 12.2 Å². The largest absolute Gasteiger partial charge is 0.362 e. The number of hydrogen-bond donors (Lipinski definition) is 0. The highest BCUT2D eigenvalue weighted by Gasteiger charge is 2.04. The smallest absolute Gasteiger partial charge is 0.0894 e. The molecule has 0 radical (unpaired) electrons. The van der Waals surface area contributed by atoms with Crippen LogP contribution in [0.3, 0.4) is 0 Å². The summed E-state index contributed by atoms with van der Waals surface area (Å²) >= 11 is 0. The van der Waals surface area contributed by atoms with Crippen LogP contribution >= 0.6 is 12.4 Å². The summed E-state index contributed by atoms with van der Waals surface area (Å²) in [6, 6.07) is 0. The van der Waals surface area contributed by atoms with E-state index in [1.165, 1.54) is 0 Å². The van der Waals surface area contributed by atoms with Crippen LogP contribution in [0.2, 0.25) is 0 Å². The molecule has 0 unspecified atom stereocenters. The minimum Gasteiger partial charge on any atom is -0.362 e. The zero-order valence-corrected chi connectivity index (χ0v) is 12.7. The zero-order chi connectivity index (χ0) is 13.4. The number of rotatable bonds is 4. The topological polar surface area (TPSA) is 13.0 Å². The van der Waals surface area contributed by atoms with E-state index in [-0.39, 0.29) is 12.4 Å². The molecule has 0 saturated heterocycles. The van der Waals surface area contributed by atoms with E-state index < -0.39 is 0 Å². The maximum absolute atomic E-state index is 3.66. The van der Waals surface area contributed by atoms with Gasteiger partial charge >= 0.3 is 0 Å². The molecule has 4 nitrogen and oxygen atoms in total. The van der Waals surface area contributed by atoms with Crippen LogP contribution < -0.4 is 0 Å². The molecule has 2 aliphatic rings. The summed E-state index contributed by atoms with van der Waals surface area (Å²) in [7, 11) is 4.11. The molecule has 0 bridgehead atoms. The van der Waals surface area contributed by atoms with Gasteiger partial charge in [-0.25, -0.2) is 0 Å². The number of nitrogens with zero attached hydrogens (tertiary/aromatic N) is 4. The van der Waals surface area contributed by atoms with Crippen molar-refractivity contribution in [2.45, 2.75) is 0 Å². The lowest BCUT2D eigenvalue weighted by Crippen LogP contribution is -2.22. The van der Waals surface area contributed by atoms with E-state index in [1.807, 2.05) is 12.2 Å². The van der Waals surface area contributed by atoms with E-state index in [9.17, 15) is 0 Å². The molecule has 0 aliphatic carbocycles. The van der Waals surface area contributed by atoms with Gasteiger partial charge in [0.2, 0.25) is 0 Å². The van der Waals surface area contributed by atoms with Gasteiger partial charge in [-0.15, -0.1) is 25.6 Å². The third kappa shape index (κ3) is 6.82. The second kappa shape index (κ2) is 9.39. The van der Waals surface area contributed by atoms with Crippen molar-refractivity contribution >= 4 is 12.4 Å². The Kier molecular flexibility index (Phi) is 8.62. The SMILES string of the molecule is C=CCN1C=CN(C)C1.C=CCN1C=CN(C)C1.Cl. The van der Waals surface area contributed by atoms with Gasteiger partial charge in [0.1, 0.15) is 0 Å². The van der Waals surface area contributed by atoms with E-state index in [4.69, 9.17) is 0 Å². The predicted octanol–water partition coefficient (Wildman–Crippen LogP) is 2.12. The predicted molar refractivity (Wildman–Crippen MR) is 84.6 cm³/mol. The lowest BCUT2D eigenvalue weighted by Gasteiger charge is -2.15. The molecule has 5 heteroatoms. The second-order valence-corrected chi connectivity index (χ2v) is 4.51. The van der Waals surface area contributed by atoms with Crippen LogP contribution in [0.1, 0.15) is 0 Å². The first-order valence-electron chi connectivity index (χ1n) is 6.12. The van der Waals surface area contributed by atoms with Gasteiger partial charge in [-0.3, -0.25) is 0 Å². The van der Waals surface area contributed by atoms with Gasteiger partial charge in [0.05, 0.1) is 13.3 Å². The van der Waals surface area contributed by atoms with Crippen molar-refractivity contribution in [1.82, 2.24) is 19.6 Å². The van der Waals surface area contributed by atoms with Gasteiger partial charge in [0.15, 0.2) is 0 Å². The Labute approximate surface area is 123 Å². The van der Waals surface area contributed by atoms with Crippen molar-refractivity contribution in [3.05, 3.63) is 50.1 Å². The molecule has 0 aromatic rings. The zero-order valence-electron chi connectivity index (χ0n) is 11.9. The Morgan fingerprint density at radius 3 is 1.42 bits per heavy atom. The van der Waals surface area contributed by atoms with Crippen molar-refractivity contribution in [2.24, 2.45) is 0 Å². The Morgan fingerprint density at radius 2 is 1.21 bits per heavy atom. The molecular formula is C14H25ClN4. The quantitative estimate of drug-likeness (QED) is 0.733. The summed E-state index contributed by atoms with van der Waals surface area (Å²) in [4.78, 5) is 8.63. The van der Waals surface area contributed by atoms with Gasteiger partial charge < -0.3 is 19.6 Å². The maximum Gasteiger partial charge on any atom is 0.0894 e. The molecule has 2 heterocycles. The molecule has 19 heavy (non-hydrogen) atoms. The van der Waals surface area contributed by atoms with Gasteiger partial charge in [-0.2, -0.15) is 0 Å². The molecule has 0 spiro atoms. The highest BCUT2D eigenvalue weighted by atomic mass is 35.5. The van der Waals surface area contributed by atoms with E-state index in [0.717, 1.165) is 26.4 Å². The first-order valence-corrected chi connectivity index (χ1v) is 6.12. The molecule has 108 valence electrons. The molecule has 0 N–H and O–H groups in total. The highest BCUT2D eigenvalue weighted by molar-refractivity contribution is 5.85. The maximum atomic E-state index is 3.66. The number of halogens is 1. The second-order valence-electron chi connectivity index (χ2n) is 4.51. The lowest BCUT2D eigenvalue weighted by molar-refractivity contribution is 0.318. The summed E-state index contributed by atoms with van der Waals surface area (Å²) < 4.78 is 0. The minimum atomic E-state index is 0. The van der Waals surface area contributed by atoms with Gasteiger partial charge in [0, 0.05) is 52.0 Å². The van der Waals surface area contributed by atoms with E-state index in [0.29, 0.717) is 0 Å². The molecule has 0 fully saturated rings. The van der Waals surface area contributed by atoms with E-state index >= 15 is 0 Å². The van der Waals surface area contributed by atoms with Crippen LogP contribution in [-0.4, -0.2) is 60.1 Å². The third-order valence-corrected chi connectivity index (χ3v) is 2.60. The minimum absolute atomic E-state index is 0. The fourth-order valence-electron chi connectivity index (χ4n) is 1.75. The van der Waals surface area contributed by atoms with Gasteiger partial charge in [-0.05, 0) is 0 Å². The normalized spacial score (nSPS) is 16.1. The fourth-order valence-corrected chi connectivity index (χ4v) is 1.75. The first-order chi connectivity index (χ1) is 8.65. The summed E-state index contributed by atoms with van der Waals surface area (Å²) in [5, 5.41) is 0. The van der Waals surface area contributed by atoms with Crippen molar-refractivity contribution in [1.29, 1.82) is 0 Å². The van der Waals surface area contributed by atoms with Crippen molar-refractivity contribution in [3.63, 3.8) is 0 Å². The summed E-state index contributed by atoms with van der Waals surface area (Å²) in [6.45, 7) is 11.2. The lowest BCUT2D eigenvalue weighted by atomic mass is 10.6.